The van der Waals surface area contributed by atoms with Crippen molar-refractivity contribution in [3.05, 3.63) is 50.9 Å². The molecule has 0 fully saturated rings. The first-order valence-corrected chi connectivity index (χ1v) is 7.42. The lowest BCUT2D eigenvalue weighted by molar-refractivity contribution is 0.318. The van der Waals surface area contributed by atoms with Gasteiger partial charge in [-0.15, -0.1) is 0 Å². The maximum Gasteiger partial charge on any atom is 0.173 e. The van der Waals surface area contributed by atoms with Gasteiger partial charge in [-0.25, -0.2) is 0 Å². The molecule has 0 radical (unpaired) electrons. The predicted molar refractivity (Wildman–Crippen MR) is 87.4 cm³/mol. The highest BCUT2D eigenvalue weighted by atomic mass is 79.9. The van der Waals surface area contributed by atoms with Crippen LogP contribution < -0.4 is 15.2 Å². The largest absolute Gasteiger partial charge is 0.497 e. The Morgan fingerprint density at radius 3 is 2.52 bits per heavy atom. The van der Waals surface area contributed by atoms with E-state index in [2.05, 4.69) is 37.0 Å². The number of nitrogens with zero attached hydrogens (tertiary/aromatic N) is 1. The van der Waals surface area contributed by atoms with Crippen LogP contribution in [0.3, 0.4) is 0 Å². The molecule has 0 aromatic heterocycles. The highest BCUT2D eigenvalue weighted by molar-refractivity contribution is 9.11. The molecule has 0 spiro atoms. The van der Waals surface area contributed by atoms with Gasteiger partial charge in [-0.2, -0.15) is 0 Å². The van der Waals surface area contributed by atoms with Gasteiger partial charge in [0, 0.05) is 10.5 Å². The van der Waals surface area contributed by atoms with Crippen molar-refractivity contribution in [2.24, 2.45) is 10.9 Å². The summed E-state index contributed by atoms with van der Waals surface area (Å²) >= 11 is 6.80. The Hall–Kier alpha value is -1.73. The summed E-state index contributed by atoms with van der Waals surface area (Å²) in [4.78, 5) is 0. The minimum atomic E-state index is -0.0408. The van der Waals surface area contributed by atoms with E-state index in [1.54, 1.807) is 31.4 Å². The number of rotatable bonds is 4. The fraction of sp³-hybridized carbons (Fsp3) is 0.0714. The van der Waals surface area contributed by atoms with E-state index >= 15 is 0 Å². The lowest BCUT2D eigenvalue weighted by Crippen LogP contribution is -2.14. The van der Waals surface area contributed by atoms with E-state index in [-0.39, 0.29) is 5.84 Å². The van der Waals surface area contributed by atoms with Gasteiger partial charge in [-0.1, -0.05) is 21.1 Å². The van der Waals surface area contributed by atoms with Gasteiger partial charge >= 0.3 is 0 Å². The topological polar surface area (TPSA) is 77.1 Å². The SMILES string of the molecule is COc1ccc(/C(N)=N/O)c(Oc2ccc(Br)cc2Br)c1. The molecule has 21 heavy (non-hydrogen) atoms. The summed E-state index contributed by atoms with van der Waals surface area (Å²) in [5.74, 6) is 1.58. The van der Waals surface area contributed by atoms with Crippen LogP contribution in [0.25, 0.3) is 0 Å². The Bertz CT molecular complexity index is 690. The molecule has 0 atom stereocenters. The van der Waals surface area contributed by atoms with Crippen LogP contribution in [0.1, 0.15) is 5.56 Å². The van der Waals surface area contributed by atoms with E-state index < -0.39 is 0 Å². The van der Waals surface area contributed by atoms with Crippen molar-refractivity contribution in [2.45, 2.75) is 0 Å². The first-order chi connectivity index (χ1) is 10.0. The summed E-state index contributed by atoms with van der Waals surface area (Å²) < 4.78 is 12.7. The van der Waals surface area contributed by atoms with Crippen LogP contribution in [0.5, 0.6) is 17.2 Å². The molecule has 0 heterocycles. The van der Waals surface area contributed by atoms with Crippen LogP contribution in [0.15, 0.2) is 50.5 Å². The molecule has 5 nitrogen and oxygen atoms in total. The molecule has 2 aromatic rings. The average molecular weight is 416 g/mol. The normalized spacial score (nSPS) is 11.3. The first kappa shape index (κ1) is 15.7. The number of benzene rings is 2. The number of methoxy groups -OCH3 is 1. The number of amidine groups is 1. The second-order valence-electron chi connectivity index (χ2n) is 4.02. The van der Waals surface area contributed by atoms with E-state index in [1.807, 2.05) is 12.1 Å². The molecule has 0 aliphatic heterocycles. The standard InChI is InChI=1S/C14H12Br2N2O3/c1-20-9-3-4-10(14(17)18-19)13(7-9)21-12-5-2-8(15)6-11(12)16/h2-7,19H,1H3,(H2,17,18). The summed E-state index contributed by atoms with van der Waals surface area (Å²) in [6, 6.07) is 10.5. The van der Waals surface area contributed by atoms with Crippen molar-refractivity contribution in [2.75, 3.05) is 7.11 Å². The number of ether oxygens (including phenoxy) is 2. The van der Waals surface area contributed by atoms with Gasteiger partial charge in [0.15, 0.2) is 5.84 Å². The zero-order valence-electron chi connectivity index (χ0n) is 11.0. The number of hydrogen-bond acceptors (Lipinski definition) is 4. The van der Waals surface area contributed by atoms with Crippen LogP contribution in [0.2, 0.25) is 0 Å². The third-order valence-electron chi connectivity index (χ3n) is 2.69. The minimum Gasteiger partial charge on any atom is -0.497 e. The van der Waals surface area contributed by atoms with Crippen molar-refractivity contribution in [3.8, 4) is 17.2 Å². The molecule has 0 unspecified atom stereocenters. The Kier molecular flexibility index (Phi) is 5.08. The second kappa shape index (κ2) is 6.82. The molecule has 2 aromatic carbocycles. The van der Waals surface area contributed by atoms with Gasteiger partial charge < -0.3 is 20.4 Å². The predicted octanol–water partition coefficient (Wildman–Crippen LogP) is 4.11. The molecule has 7 heteroatoms. The number of nitrogens with two attached hydrogens (primary N) is 1. The van der Waals surface area contributed by atoms with Gasteiger partial charge in [-0.05, 0) is 46.3 Å². The molecule has 0 saturated carbocycles. The molecule has 0 amide bonds. The Morgan fingerprint density at radius 1 is 1.14 bits per heavy atom. The molecule has 3 N–H and O–H groups in total. The molecule has 0 aliphatic carbocycles. The molecule has 0 aliphatic rings. The van der Waals surface area contributed by atoms with E-state index in [0.29, 0.717) is 22.8 Å². The highest BCUT2D eigenvalue weighted by Gasteiger charge is 2.12. The third kappa shape index (κ3) is 3.68. The summed E-state index contributed by atoms with van der Waals surface area (Å²) in [5.41, 5.74) is 6.13. The number of oxime groups is 1. The number of halogens is 2. The minimum absolute atomic E-state index is 0.0408. The number of hydrogen-bond donors (Lipinski definition) is 2. The fourth-order valence-electron chi connectivity index (χ4n) is 1.66. The first-order valence-electron chi connectivity index (χ1n) is 5.84. The van der Waals surface area contributed by atoms with Gasteiger partial charge in [0.2, 0.25) is 0 Å². The van der Waals surface area contributed by atoms with Crippen molar-refractivity contribution in [1.82, 2.24) is 0 Å². The molecular weight excluding hydrogens is 404 g/mol. The van der Waals surface area contributed by atoms with E-state index in [4.69, 9.17) is 20.4 Å². The quantitative estimate of drug-likeness (QED) is 0.341. The van der Waals surface area contributed by atoms with E-state index in [9.17, 15) is 0 Å². The van der Waals surface area contributed by atoms with Crippen LogP contribution >= 0.6 is 31.9 Å². The van der Waals surface area contributed by atoms with Gasteiger partial charge in [0.25, 0.3) is 0 Å². The monoisotopic (exact) mass is 414 g/mol. The summed E-state index contributed by atoms with van der Waals surface area (Å²) in [6.07, 6.45) is 0. The summed E-state index contributed by atoms with van der Waals surface area (Å²) in [5, 5.41) is 11.9. The molecular formula is C14H12Br2N2O3. The smallest absolute Gasteiger partial charge is 0.173 e. The van der Waals surface area contributed by atoms with E-state index in [1.165, 1.54) is 0 Å². The van der Waals surface area contributed by atoms with Crippen LogP contribution in [-0.4, -0.2) is 18.2 Å². The van der Waals surface area contributed by atoms with Gasteiger partial charge in [0.1, 0.15) is 17.2 Å². The highest BCUT2D eigenvalue weighted by Crippen LogP contribution is 2.35. The third-order valence-corrected chi connectivity index (χ3v) is 3.80. The summed E-state index contributed by atoms with van der Waals surface area (Å²) in [6.45, 7) is 0. The lowest BCUT2D eigenvalue weighted by atomic mass is 10.1. The van der Waals surface area contributed by atoms with Gasteiger partial charge in [0.05, 0.1) is 17.1 Å². The zero-order chi connectivity index (χ0) is 15.4. The van der Waals surface area contributed by atoms with E-state index in [0.717, 1.165) is 8.95 Å². The van der Waals surface area contributed by atoms with Crippen molar-refractivity contribution in [3.63, 3.8) is 0 Å². The van der Waals surface area contributed by atoms with Crippen molar-refractivity contribution < 1.29 is 14.7 Å². The average Bonchev–Trinajstić information content (AvgIpc) is 2.49. The maximum absolute atomic E-state index is 8.86. The Morgan fingerprint density at radius 2 is 1.90 bits per heavy atom. The Labute approximate surface area is 138 Å². The van der Waals surface area contributed by atoms with Crippen molar-refractivity contribution in [1.29, 1.82) is 0 Å². The second-order valence-corrected chi connectivity index (χ2v) is 5.79. The Balaban J connectivity index is 2.46. The molecule has 2 rings (SSSR count). The summed E-state index contributed by atoms with van der Waals surface area (Å²) in [7, 11) is 1.55. The van der Waals surface area contributed by atoms with Crippen LogP contribution in [-0.2, 0) is 0 Å². The zero-order valence-corrected chi connectivity index (χ0v) is 14.2. The van der Waals surface area contributed by atoms with Crippen LogP contribution in [0, 0.1) is 0 Å². The molecule has 0 bridgehead atoms. The maximum atomic E-state index is 8.86. The van der Waals surface area contributed by atoms with Crippen LogP contribution in [0.4, 0.5) is 0 Å². The fourth-order valence-corrected chi connectivity index (χ4v) is 2.78. The van der Waals surface area contributed by atoms with Gasteiger partial charge in [-0.3, -0.25) is 0 Å². The molecule has 0 saturated heterocycles. The van der Waals surface area contributed by atoms with Crippen molar-refractivity contribution >= 4 is 37.7 Å². The molecule has 110 valence electrons. The lowest BCUT2D eigenvalue weighted by Gasteiger charge is -2.13.